The number of hydrogen-bond acceptors (Lipinski definition) is 3. The Morgan fingerprint density at radius 2 is 1.85 bits per heavy atom. The van der Waals surface area contributed by atoms with Crippen molar-refractivity contribution < 1.29 is 9.13 Å². The van der Waals surface area contributed by atoms with Crippen molar-refractivity contribution in [2.45, 2.75) is 24.9 Å². The highest BCUT2D eigenvalue weighted by molar-refractivity contribution is 5.16. The van der Waals surface area contributed by atoms with Crippen LogP contribution in [0.4, 0.5) is 4.39 Å². The van der Waals surface area contributed by atoms with Crippen LogP contribution in [0.2, 0.25) is 0 Å². The van der Waals surface area contributed by atoms with E-state index in [4.69, 9.17) is 4.74 Å². The van der Waals surface area contributed by atoms with Crippen LogP contribution >= 0.6 is 0 Å². The minimum absolute atomic E-state index is 0.160. The summed E-state index contributed by atoms with van der Waals surface area (Å²) in [6, 6.07) is 6.86. The van der Waals surface area contributed by atoms with Crippen LogP contribution < -0.4 is 0 Å². The Kier molecular flexibility index (Phi) is 4.06. The summed E-state index contributed by atoms with van der Waals surface area (Å²) in [6.45, 7) is 5.86. The lowest BCUT2D eigenvalue weighted by molar-refractivity contribution is -0.0836. The molecule has 2 fully saturated rings. The van der Waals surface area contributed by atoms with Crippen LogP contribution in [-0.2, 0) is 11.3 Å². The average Bonchev–Trinajstić information content (AvgIpc) is 2.47. The molecule has 0 atom stereocenters. The molecule has 1 aromatic carbocycles. The molecule has 2 aliphatic heterocycles. The van der Waals surface area contributed by atoms with Crippen LogP contribution in [0.25, 0.3) is 0 Å². The van der Waals surface area contributed by atoms with Crippen molar-refractivity contribution in [1.82, 2.24) is 9.80 Å². The van der Waals surface area contributed by atoms with Gasteiger partial charge in [0.2, 0.25) is 0 Å². The molecule has 1 spiro atoms. The third-order valence-corrected chi connectivity index (χ3v) is 4.86. The van der Waals surface area contributed by atoms with E-state index in [1.165, 1.54) is 5.56 Å². The standard InChI is InChI=1S/C16H23FN2O/c1-18-10-11-20-13-16(18)6-8-19(9-7-16)12-14-2-4-15(17)5-3-14/h2-5H,6-13H2,1H3. The van der Waals surface area contributed by atoms with Gasteiger partial charge in [0.05, 0.1) is 13.2 Å². The van der Waals surface area contributed by atoms with Gasteiger partial charge in [-0.05, 0) is 37.6 Å². The molecule has 0 N–H and O–H groups in total. The quantitative estimate of drug-likeness (QED) is 0.824. The fourth-order valence-electron chi connectivity index (χ4n) is 3.31. The Morgan fingerprint density at radius 1 is 1.15 bits per heavy atom. The molecule has 0 bridgehead atoms. The maximum atomic E-state index is 12.9. The first-order valence-corrected chi connectivity index (χ1v) is 7.44. The normalized spacial score (nSPS) is 24.1. The van der Waals surface area contributed by atoms with E-state index in [1.54, 1.807) is 12.1 Å². The van der Waals surface area contributed by atoms with Crippen molar-refractivity contribution in [3.63, 3.8) is 0 Å². The number of likely N-dealkylation sites (tertiary alicyclic amines) is 1. The van der Waals surface area contributed by atoms with Gasteiger partial charge in [0, 0.05) is 31.7 Å². The molecule has 4 heteroatoms. The first-order valence-electron chi connectivity index (χ1n) is 7.44. The molecule has 0 amide bonds. The maximum absolute atomic E-state index is 12.9. The molecule has 2 saturated heterocycles. The summed E-state index contributed by atoms with van der Waals surface area (Å²) in [5.74, 6) is -0.160. The van der Waals surface area contributed by atoms with Crippen LogP contribution in [0.1, 0.15) is 18.4 Å². The highest BCUT2D eigenvalue weighted by atomic mass is 19.1. The van der Waals surface area contributed by atoms with Gasteiger partial charge in [-0.25, -0.2) is 4.39 Å². The summed E-state index contributed by atoms with van der Waals surface area (Å²) in [5, 5.41) is 0. The van der Waals surface area contributed by atoms with Crippen LogP contribution in [0.5, 0.6) is 0 Å². The van der Waals surface area contributed by atoms with E-state index in [2.05, 4.69) is 16.8 Å². The first-order chi connectivity index (χ1) is 9.68. The van der Waals surface area contributed by atoms with Crippen LogP contribution in [0.3, 0.4) is 0 Å². The van der Waals surface area contributed by atoms with Crippen molar-refractivity contribution in [2.75, 3.05) is 39.9 Å². The molecule has 3 rings (SSSR count). The van der Waals surface area contributed by atoms with Gasteiger partial charge in [-0.1, -0.05) is 12.1 Å². The SMILES string of the molecule is CN1CCOCC12CCN(Cc1ccc(F)cc1)CC2. The second-order valence-corrected chi connectivity index (χ2v) is 6.10. The minimum Gasteiger partial charge on any atom is -0.378 e. The number of piperidine rings is 1. The minimum atomic E-state index is -0.160. The van der Waals surface area contributed by atoms with Crippen LogP contribution in [0.15, 0.2) is 24.3 Å². The molecular formula is C16H23FN2O. The lowest BCUT2D eigenvalue weighted by atomic mass is 9.85. The van der Waals surface area contributed by atoms with Gasteiger partial charge in [-0.15, -0.1) is 0 Å². The second kappa shape index (κ2) is 5.80. The highest BCUT2D eigenvalue weighted by Crippen LogP contribution is 2.31. The molecule has 110 valence electrons. The third-order valence-electron chi connectivity index (χ3n) is 4.86. The van der Waals surface area contributed by atoms with Gasteiger partial charge in [-0.3, -0.25) is 9.80 Å². The molecule has 0 saturated carbocycles. The maximum Gasteiger partial charge on any atom is 0.123 e. The number of morpholine rings is 1. The number of halogens is 1. The van der Waals surface area contributed by atoms with Gasteiger partial charge in [0.25, 0.3) is 0 Å². The molecule has 2 heterocycles. The predicted molar refractivity (Wildman–Crippen MR) is 77.1 cm³/mol. The number of rotatable bonds is 2. The largest absolute Gasteiger partial charge is 0.378 e. The predicted octanol–water partition coefficient (Wildman–Crippen LogP) is 2.12. The molecule has 0 unspecified atom stereocenters. The Bertz CT molecular complexity index is 440. The number of likely N-dealkylation sites (N-methyl/N-ethyl adjacent to an activating group) is 1. The van der Waals surface area contributed by atoms with Gasteiger partial charge < -0.3 is 4.74 Å². The topological polar surface area (TPSA) is 15.7 Å². The average molecular weight is 278 g/mol. The number of nitrogens with zero attached hydrogens (tertiary/aromatic N) is 2. The fourth-order valence-corrected chi connectivity index (χ4v) is 3.31. The van der Waals surface area contributed by atoms with E-state index in [9.17, 15) is 4.39 Å². The number of ether oxygens (including phenoxy) is 1. The van der Waals surface area contributed by atoms with Gasteiger partial charge >= 0.3 is 0 Å². The summed E-state index contributed by atoms with van der Waals surface area (Å²) < 4.78 is 18.6. The highest BCUT2D eigenvalue weighted by Gasteiger charge is 2.40. The lowest BCUT2D eigenvalue weighted by Crippen LogP contribution is -2.59. The molecule has 1 aromatic rings. The monoisotopic (exact) mass is 278 g/mol. The Balaban J connectivity index is 1.57. The van der Waals surface area contributed by atoms with Crippen LogP contribution in [0, 0.1) is 5.82 Å². The van der Waals surface area contributed by atoms with Gasteiger partial charge in [-0.2, -0.15) is 0 Å². The number of benzene rings is 1. The van der Waals surface area contributed by atoms with Crippen LogP contribution in [-0.4, -0.2) is 55.2 Å². The number of hydrogen-bond donors (Lipinski definition) is 0. The Labute approximate surface area is 120 Å². The van der Waals surface area contributed by atoms with Gasteiger partial charge in [0.1, 0.15) is 5.82 Å². The Morgan fingerprint density at radius 3 is 2.50 bits per heavy atom. The summed E-state index contributed by atoms with van der Waals surface area (Å²) >= 11 is 0. The molecule has 0 aromatic heterocycles. The van der Waals surface area contributed by atoms with Crippen molar-refractivity contribution in [2.24, 2.45) is 0 Å². The van der Waals surface area contributed by atoms with Gasteiger partial charge in [0.15, 0.2) is 0 Å². The lowest BCUT2D eigenvalue weighted by Gasteiger charge is -2.49. The van der Waals surface area contributed by atoms with Crippen molar-refractivity contribution in [3.05, 3.63) is 35.6 Å². The molecule has 0 aliphatic carbocycles. The molecule has 20 heavy (non-hydrogen) atoms. The molecular weight excluding hydrogens is 255 g/mol. The first kappa shape index (κ1) is 14.0. The van der Waals surface area contributed by atoms with Crippen molar-refractivity contribution >= 4 is 0 Å². The van der Waals surface area contributed by atoms with E-state index >= 15 is 0 Å². The summed E-state index contributed by atoms with van der Waals surface area (Å²) in [4.78, 5) is 4.94. The summed E-state index contributed by atoms with van der Waals surface area (Å²) in [5.41, 5.74) is 1.44. The molecule has 0 radical (unpaired) electrons. The zero-order valence-electron chi connectivity index (χ0n) is 12.1. The molecule has 3 nitrogen and oxygen atoms in total. The zero-order chi connectivity index (χ0) is 14.0. The summed E-state index contributed by atoms with van der Waals surface area (Å²) in [7, 11) is 2.22. The van der Waals surface area contributed by atoms with Crippen molar-refractivity contribution in [3.8, 4) is 0 Å². The third kappa shape index (κ3) is 2.87. The summed E-state index contributed by atoms with van der Waals surface area (Å²) in [6.07, 6.45) is 2.31. The van der Waals surface area contributed by atoms with Crippen molar-refractivity contribution in [1.29, 1.82) is 0 Å². The van der Waals surface area contributed by atoms with E-state index < -0.39 is 0 Å². The van der Waals surface area contributed by atoms with E-state index in [0.717, 1.165) is 52.2 Å². The van der Waals surface area contributed by atoms with E-state index in [1.807, 2.05) is 12.1 Å². The molecule has 2 aliphatic rings. The smallest absolute Gasteiger partial charge is 0.123 e. The van der Waals surface area contributed by atoms with E-state index in [0.29, 0.717) is 0 Å². The van der Waals surface area contributed by atoms with E-state index in [-0.39, 0.29) is 11.4 Å². The second-order valence-electron chi connectivity index (χ2n) is 6.10. The zero-order valence-corrected chi connectivity index (χ0v) is 12.1. The Hall–Kier alpha value is -0.970. The fraction of sp³-hybridized carbons (Fsp3) is 0.625.